The first-order valence-electron chi connectivity index (χ1n) is 7.00. The van der Waals surface area contributed by atoms with Gasteiger partial charge in [-0.05, 0) is 43.0 Å². The molecule has 1 amide bonds. The van der Waals surface area contributed by atoms with E-state index in [2.05, 4.69) is 10.5 Å². The molecule has 6 heteroatoms. The van der Waals surface area contributed by atoms with E-state index < -0.39 is 0 Å². The molecule has 0 aliphatic heterocycles. The van der Waals surface area contributed by atoms with Crippen LogP contribution in [0.5, 0.6) is 11.5 Å². The van der Waals surface area contributed by atoms with Crippen molar-refractivity contribution in [1.82, 2.24) is 5.43 Å². The van der Waals surface area contributed by atoms with Crippen LogP contribution in [0.3, 0.4) is 0 Å². The number of rotatable bonds is 4. The quantitative estimate of drug-likeness (QED) is 0.673. The number of hydrogen-bond donors (Lipinski definition) is 2. The Morgan fingerprint density at radius 3 is 3.09 bits per heavy atom. The van der Waals surface area contributed by atoms with Crippen LogP contribution >= 0.6 is 11.3 Å². The van der Waals surface area contributed by atoms with Gasteiger partial charge < -0.3 is 9.84 Å². The largest absolute Gasteiger partial charge is 0.504 e. The van der Waals surface area contributed by atoms with Crippen LogP contribution in [0.2, 0.25) is 0 Å². The van der Waals surface area contributed by atoms with Crippen molar-refractivity contribution in [3.8, 4) is 11.5 Å². The van der Waals surface area contributed by atoms with Gasteiger partial charge in [-0.3, -0.25) is 4.79 Å². The number of amides is 1. The number of carbonyl (C=O) groups is 1. The van der Waals surface area contributed by atoms with Crippen LogP contribution in [0, 0.1) is 0 Å². The molecule has 0 atom stereocenters. The van der Waals surface area contributed by atoms with Gasteiger partial charge in [0.15, 0.2) is 11.5 Å². The highest BCUT2D eigenvalue weighted by Crippen LogP contribution is 2.30. The maximum Gasteiger partial charge on any atom is 0.281 e. The van der Waals surface area contributed by atoms with Gasteiger partial charge in [0.25, 0.3) is 5.91 Å². The molecule has 0 radical (unpaired) electrons. The molecule has 0 saturated heterocycles. The lowest BCUT2D eigenvalue weighted by molar-refractivity contribution is 0.0959. The maximum absolute atomic E-state index is 12.0. The van der Waals surface area contributed by atoms with Crippen molar-refractivity contribution in [1.29, 1.82) is 0 Å². The number of hydrogen-bond acceptors (Lipinski definition) is 5. The Hall–Kier alpha value is -2.34. The predicted octanol–water partition coefficient (Wildman–Crippen LogP) is 2.71. The fourth-order valence-electron chi connectivity index (χ4n) is 2.46. The lowest BCUT2D eigenvalue weighted by atomic mass is 10.2. The molecule has 0 bridgehead atoms. The molecule has 1 aromatic heterocycles. The first-order chi connectivity index (χ1) is 10.7. The van der Waals surface area contributed by atoms with Crippen molar-refractivity contribution in [3.63, 3.8) is 0 Å². The topological polar surface area (TPSA) is 70.9 Å². The number of methoxy groups -OCH3 is 1. The monoisotopic (exact) mass is 316 g/mol. The fourth-order valence-corrected chi connectivity index (χ4v) is 3.61. The fraction of sp³-hybridized carbons (Fsp3) is 0.250. The predicted molar refractivity (Wildman–Crippen MR) is 86.1 cm³/mol. The number of benzene rings is 1. The van der Waals surface area contributed by atoms with Crippen molar-refractivity contribution >= 4 is 23.5 Å². The Morgan fingerprint density at radius 1 is 1.45 bits per heavy atom. The van der Waals surface area contributed by atoms with Crippen molar-refractivity contribution in [2.45, 2.75) is 19.3 Å². The summed E-state index contributed by atoms with van der Waals surface area (Å²) in [6, 6.07) is 7.03. The Kier molecular flexibility index (Phi) is 4.11. The highest BCUT2D eigenvalue weighted by Gasteiger charge is 2.18. The number of aryl methyl sites for hydroxylation is 2. The molecule has 0 spiro atoms. The van der Waals surface area contributed by atoms with Gasteiger partial charge in [0, 0.05) is 10.4 Å². The van der Waals surface area contributed by atoms with Crippen molar-refractivity contribution in [2.24, 2.45) is 5.10 Å². The second-order valence-corrected chi connectivity index (χ2v) is 6.15. The van der Waals surface area contributed by atoms with E-state index in [1.807, 2.05) is 6.07 Å². The van der Waals surface area contributed by atoms with Crippen molar-refractivity contribution < 1.29 is 14.6 Å². The minimum absolute atomic E-state index is 0.00176. The molecule has 0 saturated carbocycles. The van der Waals surface area contributed by atoms with Crippen LogP contribution in [0.25, 0.3) is 0 Å². The second-order valence-electron chi connectivity index (χ2n) is 5.01. The van der Waals surface area contributed by atoms with Gasteiger partial charge in [-0.2, -0.15) is 5.10 Å². The SMILES string of the molecule is COc1cccc(/C=N/NC(=O)c2cc3c(s2)CCC3)c1O. The van der Waals surface area contributed by atoms with E-state index in [4.69, 9.17) is 4.74 Å². The zero-order chi connectivity index (χ0) is 15.5. The third-order valence-electron chi connectivity index (χ3n) is 3.59. The number of hydrazone groups is 1. The first kappa shape index (κ1) is 14.6. The number of phenolic OH excluding ortho intramolecular Hbond substituents is 1. The van der Waals surface area contributed by atoms with Gasteiger partial charge in [-0.1, -0.05) is 6.07 Å². The molecule has 0 unspecified atom stereocenters. The zero-order valence-corrected chi connectivity index (χ0v) is 12.9. The summed E-state index contributed by atoms with van der Waals surface area (Å²) in [6.07, 6.45) is 4.70. The average molecular weight is 316 g/mol. The molecule has 0 fully saturated rings. The van der Waals surface area contributed by atoms with E-state index >= 15 is 0 Å². The first-order valence-corrected chi connectivity index (χ1v) is 7.81. The molecule has 5 nitrogen and oxygen atoms in total. The van der Waals surface area contributed by atoms with Gasteiger partial charge in [-0.25, -0.2) is 5.43 Å². The third-order valence-corrected chi connectivity index (χ3v) is 4.83. The number of nitrogens with one attached hydrogen (secondary N) is 1. The van der Waals surface area contributed by atoms with Gasteiger partial charge in [-0.15, -0.1) is 11.3 Å². The van der Waals surface area contributed by atoms with Gasteiger partial charge in [0.1, 0.15) is 0 Å². The summed E-state index contributed by atoms with van der Waals surface area (Å²) in [5.41, 5.74) is 4.25. The van der Waals surface area contributed by atoms with E-state index in [9.17, 15) is 9.90 Å². The van der Waals surface area contributed by atoms with Gasteiger partial charge in [0.05, 0.1) is 18.2 Å². The molecule has 3 rings (SSSR count). The molecule has 2 aromatic rings. The van der Waals surface area contributed by atoms with E-state index in [0.717, 1.165) is 12.8 Å². The molecule has 1 aliphatic carbocycles. The smallest absolute Gasteiger partial charge is 0.281 e. The van der Waals surface area contributed by atoms with E-state index in [1.54, 1.807) is 18.2 Å². The number of carbonyl (C=O) groups excluding carboxylic acids is 1. The molecular formula is C16H16N2O3S. The number of aromatic hydroxyl groups is 1. The van der Waals surface area contributed by atoms with Crippen LogP contribution in [0.1, 0.15) is 32.1 Å². The number of phenols is 1. The Balaban J connectivity index is 1.67. The highest BCUT2D eigenvalue weighted by molar-refractivity contribution is 7.14. The van der Waals surface area contributed by atoms with E-state index in [0.29, 0.717) is 16.2 Å². The second kappa shape index (κ2) is 6.19. The van der Waals surface area contributed by atoms with Crippen LogP contribution in [-0.2, 0) is 12.8 Å². The van der Waals surface area contributed by atoms with Crippen LogP contribution in [0.4, 0.5) is 0 Å². The summed E-state index contributed by atoms with van der Waals surface area (Å²) >= 11 is 1.53. The summed E-state index contributed by atoms with van der Waals surface area (Å²) in [6.45, 7) is 0. The summed E-state index contributed by atoms with van der Waals surface area (Å²) in [5.74, 6) is 0.140. The van der Waals surface area contributed by atoms with Gasteiger partial charge in [0.2, 0.25) is 0 Å². The van der Waals surface area contributed by atoms with Crippen LogP contribution in [0.15, 0.2) is 29.4 Å². The maximum atomic E-state index is 12.0. The summed E-state index contributed by atoms with van der Waals surface area (Å²) in [4.78, 5) is 14.0. The lowest BCUT2D eigenvalue weighted by Crippen LogP contribution is -2.16. The Bertz CT molecular complexity index is 715. The number of para-hydroxylation sites is 1. The molecule has 2 N–H and O–H groups in total. The Morgan fingerprint density at radius 2 is 2.32 bits per heavy atom. The minimum Gasteiger partial charge on any atom is -0.504 e. The van der Waals surface area contributed by atoms with Crippen molar-refractivity contribution in [2.75, 3.05) is 7.11 Å². The van der Waals surface area contributed by atoms with Gasteiger partial charge >= 0.3 is 0 Å². The third kappa shape index (κ3) is 2.82. The van der Waals surface area contributed by atoms with Crippen LogP contribution < -0.4 is 10.2 Å². The number of fused-ring (bicyclic) bond motifs is 1. The summed E-state index contributed by atoms with van der Waals surface area (Å²) in [5, 5.41) is 13.8. The summed E-state index contributed by atoms with van der Waals surface area (Å²) < 4.78 is 5.02. The lowest BCUT2D eigenvalue weighted by Gasteiger charge is -2.04. The average Bonchev–Trinajstić information content (AvgIpc) is 3.10. The highest BCUT2D eigenvalue weighted by atomic mass is 32.1. The summed E-state index contributed by atoms with van der Waals surface area (Å²) in [7, 11) is 1.48. The minimum atomic E-state index is -0.224. The molecule has 1 aliphatic rings. The zero-order valence-electron chi connectivity index (χ0n) is 12.1. The number of nitrogens with zero attached hydrogens (tertiary/aromatic N) is 1. The molecular weight excluding hydrogens is 300 g/mol. The molecule has 22 heavy (non-hydrogen) atoms. The molecule has 114 valence electrons. The standard InChI is InChI=1S/C16H16N2O3S/c1-21-12-6-2-5-11(15(12)19)9-17-18-16(20)14-8-10-4-3-7-13(10)22-14/h2,5-6,8-9,19H,3-4,7H2,1H3,(H,18,20)/b17-9+. The number of thiophene rings is 1. The van der Waals surface area contributed by atoms with E-state index in [-0.39, 0.29) is 11.7 Å². The Labute approximate surface area is 132 Å². The number of ether oxygens (including phenoxy) is 1. The van der Waals surface area contributed by atoms with Crippen molar-refractivity contribution in [3.05, 3.63) is 45.1 Å². The normalized spacial score (nSPS) is 13.3. The molecule has 1 aromatic carbocycles. The van der Waals surface area contributed by atoms with Crippen LogP contribution in [-0.4, -0.2) is 24.3 Å². The van der Waals surface area contributed by atoms with E-state index in [1.165, 1.54) is 41.5 Å². The molecule has 1 heterocycles.